The second-order valence-electron chi connectivity index (χ2n) is 2.58. The summed E-state index contributed by atoms with van der Waals surface area (Å²) in [4.78, 5) is 0. The Morgan fingerprint density at radius 1 is 1.42 bits per heavy atom. The van der Waals surface area contributed by atoms with Crippen molar-refractivity contribution >= 4 is 24.8 Å². The number of aromatic nitrogens is 2. The molecule has 12 heavy (non-hydrogen) atoms. The molecule has 0 bridgehead atoms. The highest BCUT2D eigenvalue weighted by Crippen LogP contribution is 2.02. The number of hydrogen-bond acceptors (Lipinski definition) is 2. The molecule has 1 aromatic rings. The lowest BCUT2D eigenvalue weighted by molar-refractivity contribution is 0.587. The topological polar surface area (TPSA) is 29.9 Å². The monoisotopic (exact) mass is 209 g/mol. The Balaban J connectivity index is 0.000000605. The van der Waals surface area contributed by atoms with Gasteiger partial charge in [-0.15, -0.1) is 24.8 Å². The van der Waals surface area contributed by atoms with Gasteiger partial charge in [-0.05, 0) is 19.0 Å². The smallest absolute Gasteiger partial charge is 0.0522 e. The molecule has 1 N–H and O–H groups in total. The van der Waals surface area contributed by atoms with Gasteiger partial charge in [0.2, 0.25) is 0 Å². The lowest BCUT2D eigenvalue weighted by Crippen LogP contribution is -2.11. The summed E-state index contributed by atoms with van der Waals surface area (Å²) in [5, 5.41) is 7.52. The predicted molar refractivity (Wildman–Crippen MR) is 53.0 cm³/mol. The SMILES string of the molecule is Cl.Cl.c1cc2n(n1)CCCNC2. The van der Waals surface area contributed by atoms with Crippen molar-refractivity contribution in [1.82, 2.24) is 15.1 Å². The Hall–Kier alpha value is -0.250. The summed E-state index contributed by atoms with van der Waals surface area (Å²) < 4.78 is 2.07. The van der Waals surface area contributed by atoms with Crippen LogP contribution in [0.3, 0.4) is 0 Å². The number of aryl methyl sites for hydroxylation is 1. The summed E-state index contributed by atoms with van der Waals surface area (Å²) in [5.41, 5.74) is 1.30. The minimum atomic E-state index is 0. The van der Waals surface area contributed by atoms with Crippen molar-refractivity contribution in [3.63, 3.8) is 0 Å². The van der Waals surface area contributed by atoms with Gasteiger partial charge in [0.15, 0.2) is 0 Å². The fraction of sp³-hybridized carbons (Fsp3) is 0.571. The number of nitrogens with zero attached hydrogens (tertiary/aromatic N) is 2. The van der Waals surface area contributed by atoms with Crippen molar-refractivity contribution in [1.29, 1.82) is 0 Å². The normalized spacial score (nSPS) is 15.0. The molecule has 0 unspecified atom stereocenters. The van der Waals surface area contributed by atoms with E-state index < -0.39 is 0 Å². The van der Waals surface area contributed by atoms with E-state index in [2.05, 4.69) is 21.2 Å². The van der Waals surface area contributed by atoms with Gasteiger partial charge in [-0.3, -0.25) is 4.68 Å². The summed E-state index contributed by atoms with van der Waals surface area (Å²) >= 11 is 0. The summed E-state index contributed by atoms with van der Waals surface area (Å²) in [6.45, 7) is 3.15. The minimum Gasteiger partial charge on any atom is -0.311 e. The molecule has 1 aromatic heterocycles. The lowest BCUT2D eigenvalue weighted by Gasteiger charge is -1.98. The number of halogens is 2. The molecule has 2 heterocycles. The third kappa shape index (κ3) is 2.37. The summed E-state index contributed by atoms with van der Waals surface area (Å²) in [6, 6.07) is 2.07. The Morgan fingerprint density at radius 2 is 2.25 bits per heavy atom. The van der Waals surface area contributed by atoms with Crippen LogP contribution in [0.15, 0.2) is 12.3 Å². The van der Waals surface area contributed by atoms with Crippen LogP contribution in [0, 0.1) is 0 Å². The molecule has 0 aliphatic carbocycles. The predicted octanol–water partition coefficient (Wildman–Crippen LogP) is 1.22. The summed E-state index contributed by atoms with van der Waals surface area (Å²) in [5.74, 6) is 0. The third-order valence-electron chi connectivity index (χ3n) is 1.83. The average Bonchev–Trinajstić information content (AvgIpc) is 2.28. The highest BCUT2D eigenvalue weighted by atomic mass is 35.5. The maximum Gasteiger partial charge on any atom is 0.0522 e. The van der Waals surface area contributed by atoms with Crippen molar-refractivity contribution in [3.05, 3.63) is 18.0 Å². The van der Waals surface area contributed by atoms with Crippen molar-refractivity contribution in [2.75, 3.05) is 6.54 Å². The molecule has 0 saturated carbocycles. The van der Waals surface area contributed by atoms with E-state index in [9.17, 15) is 0 Å². The van der Waals surface area contributed by atoms with Gasteiger partial charge < -0.3 is 5.32 Å². The highest BCUT2D eigenvalue weighted by Gasteiger charge is 2.04. The van der Waals surface area contributed by atoms with E-state index in [-0.39, 0.29) is 24.8 Å². The van der Waals surface area contributed by atoms with Crippen LogP contribution in [0.2, 0.25) is 0 Å². The fourth-order valence-electron chi connectivity index (χ4n) is 1.28. The first-order chi connectivity index (χ1) is 4.97. The molecule has 5 heteroatoms. The van der Waals surface area contributed by atoms with Gasteiger partial charge in [0.1, 0.15) is 0 Å². The first-order valence-corrected chi connectivity index (χ1v) is 3.68. The van der Waals surface area contributed by atoms with Crippen molar-refractivity contribution < 1.29 is 0 Å². The van der Waals surface area contributed by atoms with Gasteiger partial charge in [-0.2, -0.15) is 5.10 Å². The van der Waals surface area contributed by atoms with E-state index in [1.54, 1.807) is 0 Å². The van der Waals surface area contributed by atoms with Gasteiger partial charge in [0, 0.05) is 19.3 Å². The number of rotatable bonds is 0. The molecule has 3 nitrogen and oxygen atoms in total. The van der Waals surface area contributed by atoms with Gasteiger partial charge in [0.05, 0.1) is 5.69 Å². The molecule has 1 aliphatic heterocycles. The van der Waals surface area contributed by atoms with E-state index in [1.807, 2.05) is 6.20 Å². The molecule has 0 fully saturated rings. The number of hydrogen-bond donors (Lipinski definition) is 1. The van der Waals surface area contributed by atoms with Gasteiger partial charge in [-0.1, -0.05) is 0 Å². The quantitative estimate of drug-likeness (QED) is 0.697. The molecular formula is C7H13Cl2N3. The molecule has 0 amide bonds. The minimum absolute atomic E-state index is 0. The maximum absolute atomic E-state index is 4.19. The molecule has 2 rings (SSSR count). The molecule has 0 aromatic carbocycles. The molecule has 0 radical (unpaired) electrons. The second kappa shape index (κ2) is 5.41. The summed E-state index contributed by atoms with van der Waals surface area (Å²) in [6.07, 6.45) is 3.05. The van der Waals surface area contributed by atoms with Crippen LogP contribution in [-0.4, -0.2) is 16.3 Å². The highest BCUT2D eigenvalue weighted by molar-refractivity contribution is 5.85. The Morgan fingerprint density at radius 3 is 3.08 bits per heavy atom. The van der Waals surface area contributed by atoms with E-state index in [0.717, 1.165) is 19.6 Å². The average molecular weight is 210 g/mol. The zero-order valence-electron chi connectivity index (χ0n) is 6.69. The maximum atomic E-state index is 4.19. The molecule has 0 spiro atoms. The molecule has 1 aliphatic rings. The van der Waals surface area contributed by atoms with Gasteiger partial charge >= 0.3 is 0 Å². The number of fused-ring (bicyclic) bond motifs is 1. The Kier molecular flexibility index (Phi) is 5.29. The van der Waals surface area contributed by atoms with E-state index >= 15 is 0 Å². The molecule has 0 atom stereocenters. The second-order valence-corrected chi connectivity index (χ2v) is 2.58. The zero-order chi connectivity index (χ0) is 6.81. The molecule has 70 valence electrons. The Labute approximate surface area is 84.3 Å². The van der Waals surface area contributed by atoms with Crippen LogP contribution in [0.4, 0.5) is 0 Å². The van der Waals surface area contributed by atoms with E-state index in [1.165, 1.54) is 12.1 Å². The number of nitrogens with one attached hydrogen (secondary N) is 1. The Bertz CT molecular complexity index is 204. The van der Waals surface area contributed by atoms with Crippen molar-refractivity contribution in [2.24, 2.45) is 0 Å². The lowest BCUT2D eigenvalue weighted by atomic mass is 10.4. The van der Waals surface area contributed by atoms with Crippen molar-refractivity contribution in [2.45, 2.75) is 19.5 Å². The van der Waals surface area contributed by atoms with Gasteiger partial charge in [-0.25, -0.2) is 0 Å². The van der Waals surface area contributed by atoms with Crippen LogP contribution in [0.1, 0.15) is 12.1 Å². The van der Waals surface area contributed by atoms with Crippen LogP contribution < -0.4 is 5.32 Å². The van der Waals surface area contributed by atoms with Gasteiger partial charge in [0.25, 0.3) is 0 Å². The van der Waals surface area contributed by atoms with E-state index in [4.69, 9.17) is 0 Å². The first kappa shape index (κ1) is 11.8. The third-order valence-corrected chi connectivity index (χ3v) is 1.83. The summed E-state index contributed by atoms with van der Waals surface area (Å²) in [7, 11) is 0. The first-order valence-electron chi connectivity index (χ1n) is 3.68. The van der Waals surface area contributed by atoms with Crippen LogP contribution >= 0.6 is 24.8 Å². The standard InChI is InChI=1S/C7H11N3.2ClH/c1-3-8-6-7-2-4-9-10(7)5-1;;/h2,4,8H,1,3,5-6H2;2*1H. The largest absolute Gasteiger partial charge is 0.311 e. The van der Waals surface area contributed by atoms with Crippen LogP contribution in [-0.2, 0) is 13.1 Å². The fourth-order valence-corrected chi connectivity index (χ4v) is 1.28. The zero-order valence-corrected chi connectivity index (χ0v) is 8.33. The molecule has 0 saturated heterocycles. The van der Waals surface area contributed by atoms with Crippen LogP contribution in [0.5, 0.6) is 0 Å². The van der Waals surface area contributed by atoms with Crippen LogP contribution in [0.25, 0.3) is 0 Å². The van der Waals surface area contributed by atoms with E-state index in [0.29, 0.717) is 0 Å². The van der Waals surface area contributed by atoms with Crippen molar-refractivity contribution in [3.8, 4) is 0 Å². The molecular weight excluding hydrogens is 197 g/mol.